The number of aromatic carboxylic acids is 1. The zero-order chi connectivity index (χ0) is 13.1. The van der Waals surface area contributed by atoms with Crippen LogP contribution in [0.5, 0.6) is 0 Å². The topological polar surface area (TPSA) is 58.6 Å². The fourth-order valence-electron chi connectivity index (χ4n) is 1.97. The predicted octanol–water partition coefficient (Wildman–Crippen LogP) is 2.88. The predicted molar refractivity (Wildman–Crippen MR) is 70.4 cm³/mol. The maximum atomic E-state index is 11.0. The highest BCUT2D eigenvalue weighted by Crippen LogP contribution is 2.34. The molecule has 1 unspecified atom stereocenters. The van der Waals surface area contributed by atoms with Gasteiger partial charge in [0.25, 0.3) is 0 Å². The Labute approximate surface area is 111 Å². The van der Waals surface area contributed by atoms with Gasteiger partial charge in [-0.15, -0.1) is 0 Å². The van der Waals surface area contributed by atoms with E-state index in [1.807, 2.05) is 0 Å². The van der Waals surface area contributed by atoms with Crippen LogP contribution in [0.15, 0.2) is 18.2 Å². The first-order chi connectivity index (χ1) is 8.61. The van der Waals surface area contributed by atoms with E-state index in [0.717, 1.165) is 5.69 Å². The van der Waals surface area contributed by atoms with Gasteiger partial charge in [0.2, 0.25) is 0 Å². The highest BCUT2D eigenvalue weighted by molar-refractivity contribution is 6.33. The molecule has 0 saturated heterocycles. The molecular weight excluding hydrogens is 254 g/mol. The standard InChI is InChI=1S/C13H16ClNO3/c1-18-7-12(8-2-3-8)15-9-4-5-11(14)10(6-9)13(16)17/h4-6,8,12,15H,2-3,7H2,1H3,(H,16,17). The molecule has 0 aliphatic heterocycles. The molecule has 5 heteroatoms. The van der Waals surface area contributed by atoms with Gasteiger partial charge in [0.15, 0.2) is 0 Å². The Morgan fingerprint density at radius 3 is 2.89 bits per heavy atom. The molecule has 0 bridgehead atoms. The molecule has 98 valence electrons. The molecule has 0 radical (unpaired) electrons. The average Bonchev–Trinajstić information content (AvgIpc) is 3.14. The van der Waals surface area contributed by atoms with Gasteiger partial charge in [0.05, 0.1) is 23.2 Å². The van der Waals surface area contributed by atoms with Crippen LogP contribution in [0.1, 0.15) is 23.2 Å². The lowest BCUT2D eigenvalue weighted by Crippen LogP contribution is -2.27. The molecule has 18 heavy (non-hydrogen) atoms. The van der Waals surface area contributed by atoms with E-state index in [0.29, 0.717) is 12.5 Å². The second-order valence-electron chi connectivity index (χ2n) is 4.54. The average molecular weight is 270 g/mol. The summed E-state index contributed by atoms with van der Waals surface area (Å²) in [6.45, 7) is 0.621. The van der Waals surface area contributed by atoms with Crippen LogP contribution in [-0.2, 0) is 4.74 Å². The Bertz CT molecular complexity index is 446. The van der Waals surface area contributed by atoms with Crippen molar-refractivity contribution >= 4 is 23.3 Å². The normalized spacial score (nSPS) is 16.3. The second kappa shape index (κ2) is 5.59. The summed E-state index contributed by atoms with van der Waals surface area (Å²) in [5.41, 5.74) is 0.888. The summed E-state index contributed by atoms with van der Waals surface area (Å²) < 4.78 is 5.17. The molecule has 1 aliphatic rings. The maximum absolute atomic E-state index is 11.0. The third kappa shape index (κ3) is 3.15. The van der Waals surface area contributed by atoms with Gasteiger partial charge in [0.1, 0.15) is 0 Å². The van der Waals surface area contributed by atoms with Gasteiger partial charge in [-0.25, -0.2) is 4.79 Å². The van der Waals surface area contributed by atoms with Crippen molar-refractivity contribution in [2.45, 2.75) is 18.9 Å². The number of carbonyl (C=O) groups is 1. The smallest absolute Gasteiger partial charge is 0.337 e. The molecule has 2 rings (SSSR count). The van der Waals surface area contributed by atoms with E-state index >= 15 is 0 Å². The fraction of sp³-hybridized carbons (Fsp3) is 0.462. The van der Waals surface area contributed by atoms with Crippen LogP contribution in [0.25, 0.3) is 0 Å². The van der Waals surface area contributed by atoms with Crippen molar-refractivity contribution in [1.82, 2.24) is 0 Å². The van der Waals surface area contributed by atoms with Crippen LogP contribution in [0.3, 0.4) is 0 Å². The monoisotopic (exact) mass is 269 g/mol. The minimum atomic E-state index is -1.02. The highest BCUT2D eigenvalue weighted by atomic mass is 35.5. The molecule has 0 aromatic heterocycles. The molecule has 0 heterocycles. The zero-order valence-electron chi connectivity index (χ0n) is 10.1. The number of halogens is 1. The molecule has 1 aliphatic carbocycles. The minimum absolute atomic E-state index is 0.119. The Kier molecular flexibility index (Phi) is 4.09. The first kappa shape index (κ1) is 13.2. The van der Waals surface area contributed by atoms with Gasteiger partial charge >= 0.3 is 5.97 Å². The molecule has 4 nitrogen and oxygen atoms in total. The van der Waals surface area contributed by atoms with Crippen LogP contribution in [0, 0.1) is 5.92 Å². The Morgan fingerprint density at radius 1 is 1.61 bits per heavy atom. The van der Waals surface area contributed by atoms with Gasteiger partial charge in [-0.3, -0.25) is 0 Å². The zero-order valence-corrected chi connectivity index (χ0v) is 10.9. The third-order valence-electron chi connectivity index (χ3n) is 3.09. The highest BCUT2D eigenvalue weighted by Gasteiger charge is 2.31. The van der Waals surface area contributed by atoms with Crippen molar-refractivity contribution in [3.05, 3.63) is 28.8 Å². The number of anilines is 1. The number of carboxylic acids is 1. The molecular formula is C13H16ClNO3. The fourth-order valence-corrected chi connectivity index (χ4v) is 2.17. The van der Waals surface area contributed by atoms with Crippen LogP contribution in [0.4, 0.5) is 5.69 Å². The van der Waals surface area contributed by atoms with E-state index in [1.165, 1.54) is 12.8 Å². The van der Waals surface area contributed by atoms with Crippen LogP contribution in [0.2, 0.25) is 5.02 Å². The SMILES string of the molecule is COCC(Nc1ccc(Cl)c(C(=O)O)c1)C1CC1. The summed E-state index contributed by atoms with van der Waals surface area (Å²) in [6, 6.07) is 5.19. The van der Waals surface area contributed by atoms with E-state index < -0.39 is 5.97 Å². The Balaban J connectivity index is 2.12. The molecule has 1 atom stereocenters. The largest absolute Gasteiger partial charge is 0.478 e. The number of methoxy groups -OCH3 is 1. The summed E-state index contributed by atoms with van der Waals surface area (Å²) in [5, 5.41) is 12.6. The third-order valence-corrected chi connectivity index (χ3v) is 3.42. The quantitative estimate of drug-likeness (QED) is 0.834. The van der Waals surface area contributed by atoms with Crippen molar-refractivity contribution in [2.75, 3.05) is 19.0 Å². The minimum Gasteiger partial charge on any atom is -0.478 e. The van der Waals surface area contributed by atoms with Gasteiger partial charge in [-0.1, -0.05) is 11.6 Å². The summed E-state index contributed by atoms with van der Waals surface area (Å²) in [5.74, 6) is -0.396. The lowest BCUT2D eigenvalue weighted by Gasteiger charge is -2.19. The summed E-state index contributed by atoms with van der Waals surface area (Å²) >= 11 is 5.83. The van der Waals surface area contributed by atoms with E-state index in [-0.39, 0.29) is 16.6 Å². The van der Waals surface area contributed by atoms with Crippen LogP contribution >= 0.6 is 11.6 Å². The van der Waals surface area contributed by atoms with E-state index in [9.17, 15) is 4.79 Å². The molecule has 1 saturated carbocycles. The first-order valence-corrected chi connectivity index (χ1v) is 6.28. The number of nitrogens with one attached hydrogen (secondary N) is 1. The molecule has 0 amide bonds. The number of hydrogen-bond acceptors (Lipinski definition) is 3. The Morgan fingerprint density at radius 2 is 2.33 bits per heavy atom. The molecule has 1 aromatic carbocycles. The van der Waals surface area contributed by atoms with Crippen molar-refractivity contribution in [2.24, 2.45) is 5.92 Å². The second-order valence-corrected chi connectivity index (χ2v) is 4.95. The lowest BCUT2D eigenvalue weighted by molar-refractivity contribution is 0.0697. The van der Waals surface area contributed by atoms with Crippen LogP contribution < -0.4 is 5.32 Å². The molecule has 1 fully saturated rings. The van der Waals surface area contributed by atoms with Crippen LogP contribution in [-0.4, -0.2) is 30.8 Å². The molecule has 0 spiro atoms. The Hall–Kier alpha value is -1.26. The first-order valence-electron chi connectivity index (χ1n) is 5.90. The van der Waals surface area contributed by atoms with Gasteiger partial charge in [0, 0.05) is 12.8 Å². The summed E-state index contributed by atoms with van der Waals surface area (Å²) in [4.78, 5) is 11.0. The van der Waals surface area contributed by atoms with Crippen molar-refractivity contribution in [3.8, 4) is 0 Å². The lowest BCUT2D eigenvalue weighted by atomic mass is 10.1. The van der Waals surface area contributed by atoms with Crippen molar-refractivity contribution in [1.29, 1.82) is 0 Å². The van der Waals surface area contributed by atoms with E-state index in [4.69, 9.17) is 21.4 Å². The van der Waals surface area contributed by atoms with Gasteiger partial charge < -0.3 is 15.2 Å². The van der Waals surface area contributed by atoms with E-state index in [2.05, 4.69) is 5.32 Å². The summed E-state index contributed by atoms with van der Waals surface area (Å²) in [6.07, 6.45) is 2.39. The molecule has 1 aromatic rings. The number of carboxylic acid groups (broad SMARTS) is 1. The van der Waals surface area contributed by atoms with Gasteiger partial charge in [-0.2, -0.15) is 0 Å². The molecule has 2 N–H and O–H groups in total. The van der Waals surface area contributed by atoms with Crippen molar-refractivity contribution in [3.63, 3.8) is 0 Å². The van der Waals surface area contributed by atoms with E-state index in [1.54, 1.807) is 25.3 Å². The number of hydrogen-bond donors (Lipinski definition) is 2. The number of benzene rings is 1. The number of rotatable bonds is 6. The summed E-state index contributed by atoms with van der Waals surface area (Å²) in [7, 11) is 1.67. The van der Waals surface area contributed by atoms with Gasteiger partial charge in [-0.05, 0) is 37.0 Å². The number of ether oxygens (including phenoxy) is 1. The van der Waals surface area contributed by atoms with Crippen molar-refractivity contribution < 1.29 is 14.6 Å². The maximum Gasteiger partial charge on any atom is 0.337 e.